The van der Waals surface area contributed by atoms with Gasteiger partial charge in [0.05, 0.1) is 7.11 Å². The molecule has 0 aliphatic rings. The molecular formula is C13H11NO. The minimum Gasteiger partial charge on any atom is -0.497 e. The van der Waals surface area contributed by atoms with E-state index in [-0.39, 0.29) is 0 Å². The number of hydrogen-bond acceptors (Lipinski definition) is 1. The summed E-state index contributed by atoms with van der Waals surface area (Å²) in [6.07, 6.45) is 1.97. The molecule has 2 aromatic carbocycles. The smallest absolute Gasteiger partial charge is 0.119 e. The molecule has 0 bridgehead atoms. The summed E-state index contributed by atoms with van der Waals surface area (Å²) >= 11 is 0. The number of H-pyrrole nitrogens is 1. The Hall–Kier alpha value is -1.96. The zero-order valence-electron chi connectivity index (χ0n) is 8.45. The Morgan fingerprint density at radius 2 is 1.93 bits per heavy atom. The SMILES string of the molecule is COc1ccc2c(ccc3[nH]ccc32)c1. The molecule has 1 aromatic heterocycles. The summed E-state index contributed by atoms with van der Waals surface area (Å²) in [5.41, 5.74) is 1.17. The van der Waals surface area contributed by atoms with Crippen molar-refractivity contribution in [3.05, 3.63) is 42.6 Å². The molecule has 0 radical (unpaired) electrons. The number of aromatic nitrogens is 1. The Labute approximate surface area is 87.5 Å². The van der Waals surface area contributed by atoms with Gasteiger partial charge in [0.1, 0.15) is 5.75 Å². The lowest BCUT2D eigenvalue weighted by atomic mass is 10.1. The Morgan fingerprint density at radius 3 is 2.80 bits per heavy atom. The largest absolute Gasteiger partial charge is 0.497 e. The van der Waals surface area contributed by atoms with E-state index in [1.54, 1.807) is 7.11 Å². The molecule has 0 aliphatic heterocycles. The van der Waals surface area contributed by atoms with Crippen molar-refractivity contribution in [2.24, 2.45) is 0 Å². The maximum Gasteiger partial charge on any atom is 0.119 e. The molecule has 0 saturated carbocycles. The number of nitrogens with one attached hydrogen (secondary N) is 1. The fraction of sp³-hybridized carbons (Fsp3) is 0.0769. The molecule has 0 unspecified atom stereocenters. The predicted octanol–water partition coefficient (Wildman–Crippen LogP) is 3.33. The van der Waals surface area contributed by atoms with Gasteiger partial charge in [-0.15, -0.1) is 0 Å². The highest BCUT2D eigenvalue weighted by molar-refractivity contribution is 6.06. The van der Waals surface area contributed by atoms with Crippen LogP contribution >= 0.6 is 0 Å². The molecule has 15 heavy (non-hydrogen) atoms. The molecule has 3 rings (SSSR count). The second kappa shape index (κ2) is 3.02. The van der Waals surface area contributed by atoms with Crippen LogP contribution < -0.4 is 4.74 Å². The number of fused-ring (bicyclic) bond motifs is 3. The van der Waals surface area contributed by atoms with E-state index in [1.807, 2.05) is 12.3 Å². The van der Waals surface area contributed by atoms with E-state index in [1.165, 1.54) is 21.7 Å². The normalized spacial score (nSPS) is 11.0. The molecule has 0 spiro atoms. The molecule has 3 aromatic rings. The first-order chi connectivity index (χ1) is 7.38. The number of benzene rings is 2. The van der Waals surface area contributed by atoms with Crippen LogP contribution in [-0.2, 0) is 0 Å². The quantitative estimate of drug-likeness (QED) is 0.636. The van der Waals surface area contributed by atoms with E-state index in [4.69, 9.17) is 4.74 Å². The standard InChI is InChI=1S/C13H11NO/c1-15-10-3-4-11-9(8-10)2-5-13-12(11)6-7-14-13/h2-8,14H,1H3. The summed E-state index contributed by atoms with van der Waals surface area (Å²) < 4.78 is 5.21. The van der Waals surface area contributed by atoms with Crippen molar-refractivity contribution in [3.8, 4) is 5.75 Å². The van der Waals surface area contributed by atoms with Gasteiger partial charge < -0.3 is 9.72 Å². The Balaban J connectivity index is 2.44. The number of methoxy groups -OCH3 is 1. The topological polar surface area (TPSA) is 25.0 Å². The summed E-state index contributed by atoms with van der Waals surface area (Å²) in [5, 5.41) is 3.73. The molecule has 0 aliphatic carbocycles. The van der Waals surface area contributed by atoms with Gasteiger partial charge in [-0.05, 0) is 35.0 Å². The van der Waals surface area contributed by atoms with Crippen LogP contribution in [0.25, 0.3) is 21.7 Å². The molecule has 1 heterocycles. The summed E-state index contributed by atoms with van der Waals surface area (Å²) in [6.45, 7) is 0. The van der Waals surface area contributed by atoms with Gasteiger partial charge in [0, 0.05) is 17.1 Å². The van der Waals surface area contributed by atoms with E-state index in [0.717, 1.165) is 5.75 Å². The van der Waals surface area contributed by atoms with Crippen molar-refractivity contribution in [1.82, 2.24) is 4.98 Å². The van der Waals surface area contributed by atoms with Gasteiger partial charge in [0.2, 0.25) is 0 Å². The minimum absolute atomic E-state index is 0.900. The zero-order chi connectivity index (χ0) is 10.3. The van der Waals surface area contributed by atoms with Crippen LogP contribution in [0, 0.1) is 0 Å². The van der Waals surface area contributed by atoms with E-state index >= 15 is 0 Å². The summed E-state index contributed by atoms with van der Waals surface area (Å²) in [4.78, 5) is 3.21. The summed E-state index contributed by atoms with van der Waals surface area (Å²) in [6, 6.07) is 12.5. The first-order valence-corrected chi connectivity index (χ1v) is 4.92. The van der Waals surface area contributed by atoms with Crippen molar-refractivity contribution in [2.75, 3.05) is 7.11 Å². The molecule has 2 nitrogen and oxygen atoms in total. The van der Waals surface area contributed by atoms with Crippen molar-refractivity contribution in [1.29, 1.82) is 0 Å². The fourth-order valence-corrected chi connectivity index (χ4v) is 1.98. The Morgan fingerprint density at radius 1 is 1.00 bits per heavy atom. The molecule has 0 saturated heterocycles. The van der Waals surface area contributed by atoms with Gasteiger partial charge in [-0.25, -0.2) is 0 Å². The van der Waals surface area contributed by atoms with Crippen LogP contribution in [0.15, 0.2) is 42.6 Å². The van der Waals surface area contributed by atoms with E-state index in [2.05, 4.69) is 35.3 Å². The van der Waals surface area contributed by atoms with E-state index in [0.29, 0.717) is 0 Å². The Bertz CT molecular complexity index is 625. The van der Waals surface area contributed by atoms with Gasteiger partial charge >= 0.3 is 0 Å². The van der Waals surface area contributed by atoms with Crippen LogP contribution in [0.1, 0.15) is 0 Å². The van der Waals surface area contributed by atoms with Crippen molar-refractivity contribution >= 4 is 21.7 Å². The zero-order valence-corrected chi connectivity index (χ0v) is 8.45. The van der Waals surface area contributed by atoms with Gasteiger partial charge in [0.15, 0.2) is 0 Å². The highest BCUT2D eigenvalue weighted by atomic mass is 16.5. The van der Waals surface area contributed by atoms with Crippen LogP contribution in [0.4, 0.5) is 0 Å². The predicted molar refractivity (Wildman–Crippen MR) is 62.4 cm³/mol. The van der Waals surface area contributed by atoms with Crippen molar-refractivity contribution in [2.45, 2.75) is 0 Å². The first-order valence-electron chi connectivity index (χ1n) is 4.92. The van der Waals surface area contributed by atoms with Crippen LogP contribution in [-0.4, -0.2) is 12.1 Å². The second-order valence-electron chi connectivity index (χ2n) is 3.59. The highest BCUT2D eigenvalue weighted by Crippen LogP contribution is 2.27. The molecule has 1 N–H and O–H groups in total. The van der Waals surface area contributed by atoms with Gasteiger partial charge in [-0.2, -0.15) is 0 Å². The van der Waals surface area contributed by atoms with E-state index < -0.39 is 0 Å². The lowest BCUT2D eigenvalue weighted by Gasteiger charge is -2.03. The monoisotopic (exact) mass is 197 g/mol. The van der Waals surface area contributed by atoms with Crippen molar-refractivity contribution in [3.63, 3.8) is 0 Å². The fourth-order valence-electron chi connectivity index (χ4n) is 1.98. The molecule has 74 valence electrons. The van der Waals surface area contributed by atoms with Crippen molar-refractivity contribution < 1.29 is 4.74 Å². The maximum atomic E-state index is 5.21. The molecule has 0 amide bonds. The van der Waals surface area contributed by atoms with Crippen LogP contribution in [0.5, 0.6) is 5.75 Å². The second-order valence-corrected chi connectivity index (χ2v) is 3.59. The van der Waals surface area contributed by atoms with Crippen LogP contribution in [0.2, 0.25) is 0 Å². The first kappa shape index (κ1) is 8.36. The average molecular weight is 197 g/mol. The Kier molecular flexibility index (Phi) is 1.68. The maximum absolute atomic E-state index is 5.21. The van der Waals surface area contributed by atoms with E-state index in [9.17, 15) is 0 Å². The highest BCUT2D eigenvalue weighted by Gasteiger charge is 2.01. The summed E-state index contributed by atoms with van der Waals surface area (Å²) in [5.74, 6) is 0.900. The number of ether oxygens (including phenoxy) is 1. The molecule has 2 heteroatoms. The third-order valence-corrected chi connectivity index (χ3v) is 2.76. The minimum atomic E-state index is 0.900. The third kappa shape index (κ3) is 1.18. The lowest BCUT2D eigenvalue weighted by molar-refractivity contribution is 0.415. The lowest BCUT2D eigenvalue weighted by Crippen LogP contribution is -1.82. The molecule has 0 fully saturated rings. The molecule has 0 atom stereocenters. The number of aromatic amines is 1. The third-order valence-electron chi connectivity index (χ3n) is 2.76. The van der Waals surface area contributed by atoms with Crippen LogP contribution in [0.3, 0.4) is 0 Å². The number of rotatable bonds is 1. The summed E-state index contributed by atoms with van der Waals surface area (Å²) in [7, 11) is 1.69. The average Bonchev–Trinajstić information content (AvgIpc) is 2.76. The number of hydrogen-bond donors (Lipinski definition) is 1. The van der Waals surface area contributed by atoms with Gasteiger partial charge in [-0.3, -0.25) is 0 Å². The van der Waals surface area contributed by atoms with Gasteiger partial charge in [0.25, 0.3) is 0 Å². The molecular weight excluding hydrogens is 186 g/mol. The van der Waals surface area contributed by atoms with Gasteiger partial charge in [-0.1, -0.05) is 12.1 Å².